The number of rotatable bonds is 3. The molecule has 5 heteroatoms. The summed E-state index contributed by atoms with van der Waals surface area (Å²) >= 11 is 0. The Hall–Kier alpha value is -2.56. The van der Waals surface area contributed by atoms with Crippen LogP contribution in [0.2, 0.25) is 0 Å². The Morgan fingerprint density at radius 2 is 1.96 bits per heavy atom. The van der Waals surface area contributed by atoms with E-state index in [4.69, 9.17) is 0 Å². The summed E-state index contributed by atoms with van der Waals surface area (Å²) in [6, 6.07) is 9.42. The van der Waals surface area contributed by atoms with Crippen molar-refractivity contribution in [3.8, 4) is 5.69 Å². The van der Waals surface area contributed by atoms with Crippen molar-refractivity contribution in [1.29, 1.82) is 0 Å². The summed E-state index contributed by atoms with van der Waals surface area (Å²) in [5.41, 5.74) is 1.70. The van der Waals surface area contributed by atoms with Gasteiger partial charge in [-0.15, -0.1) is 0 Å². The Morgan fingerprint density at radius 1 is 1.22 bits per heavy atom. The monoisotopic (exact) mass is 311 g/mol. The zero-order valence-electron chi connectivity index (χ0n) is 13.5. The number of amides is 1. The van der Waals surface area contributed by atoms with Gasteiger partial charge < -0.3 is 5.32 Å². The number of nitrogens with one attached hydrogen (secondary N) is 1. The van der Waals surface area contributed by atoms with E-state index in [9.17, 15) is 9.59 Å². The number of benzene rings is 1. The second-order valence-corrected chi connectivity index (χ2v) is 5.91. The SMILES string of the molecule is Cc1c(NC(=O)[C@@H]2CC=CCC2)c(=O)n(-c2ccccc2)n1C. The standard InChI is InChI=1S/C18H21N3O2/c1-13-16(19-17(22)14-9-5-3-6-10-14)18(23)21(20(13)2)15-11-7-4-8-12-15/h3-5,7-8,11-12,14H,6,9-10H2,1-2H3,(H,19,22)/t14-/m1/s1. The van der Waals surface area contributed by atoms with Crippen LogP contribution in [0.5, 0.6) is 0 Å². The molecule has 0 spiro atoms. The van der Waals surface area contributed by atoms with Gasteiger partial charge in [-0.3, -0.25) is 14.3 Å². The molecule has 1 aliphatic carbocycles. The van der Waals surface area contributed by atoms with Crippen LogP contribution in [0.4, 0.5) is 5.69 Å². The number of nitrogens with zero attached hydrogens (tertiary/aromatic N) is 2. The highest BCUT2D eigenvalue weighted by Crippen LogP contribution is 2.21. The summed E-state index contributed by atoms with van der Waals surface area (Å²) in [6.45, 7) is 1.84. The molecule has 0 saturated carbocycles. The van der Waals surface area contributed by atoms with Crippen molar-refractivity contribution in [3.05, 3.63) is 58.5 Å². The number of carbonyl (C=O) groups excluding carboxylic acids is 1. The third kappa shape index (κ3) is 2.86. The van der Waals surface area contributed by atoms with Gasteiger partial charge in [0.1, 0.15) is 5.69 Å². The van der Waals surface area contributed by atoms with Crippen molar-refractivity contribution in [2.24, 2.45) is 13.0 Å². The minimum Gasteiger partial charge on any atom is -0.320 e. The molecule has 23 heavy (non-hydrogen) atoms. The van der Waals surface area contributed by atoms with Crippen molar-refractivity contribution in [1.82, 2.24) is 9.36 Å². The van der Waals surface area contributed by atoms with E-state index in [-0.39, 0.29) is 17.4 Å². The summed E-state index contributed by atoms with van der Waals surface area (Å²) < 4.78 is 3.35. The van der Waals surface area contributed by atoms with Crippen LogP contribution < -0.4 is 10.9 Å². The third-order valence-electron chi connectivity index (χ3n) is 4.44. The smallest absolute Gasteiger partial charge is 0.295 e. The first-order chi connectivity index (χ1) is 11.1. The molecule has 1 aromatic heterocycles. The lowest BCUT2D eigenvalue weighted by atomic mass is 9.93. The van der Waals surface area contributed by atoms with Gasteiger partial charge in [0.05, 0.1) is 11.4 Å². The Bertz CT molecular complexity index is 800. The van der Waals surface area contributed by atoms with Crippen LogP contribution >= 0.6 is 0 Å². The molecule has 2 aromatic rings. The molecule has 0 unspecified atom stereocenters. The fourth-order valence-corrected chi connectivity index (χ4v) is 2.97. The van der Waals surface area contributed by atoms with Gasteiger partial charge in [0.2, 0.25) is 5.91 Å². The molecule has 120 valence electrons. The van der Waals surface area contributed by atoms with E-state index in [1.165, 1.54) is 0 Å². The van der Waals surface area contributed by atoms with Crippen LogP contribution in [0.15, 0.2) is 47.3 Å². The van der Waals surface area contributed by atoms with Gasteiger partial charge in [-0.25, -0.2) is 4.68 Å². The van der Waals surface area contributed by atoms with Crippen molar-refractivity contribution in [2.45, 2.75) is 26.2 Å². The van der Waals surface area contributed by atoms with E-state index in [2.05, 4.69) is 11.4 Å². The average molecular weight is 311 g/mol. The lowest BCUT2D eigenvalue weighted by Crippen LogP contribution is -2.27. The van der Waals surface area contributed by atoms with Crippen molar-refractivity contribution < 1.29 is 4.79 Å². The molecule has 3 rings (SSSR count). The maximum Gasteiger partial charge on any atom is 0.295 e. The lowest BCUT2D eigenvalue weighted by molar-refractivity contribution is -0.120. The van der Waals surface area contributed by atoms with Crippen LogP contribution in [0.3, 0.4) is 0 Å². The minimum atomic E-state index is -0.198. The van der Waals surface area contributed by atoms with E-state index in [1.54, 1.807) is 9.36 Å². The van der Waals surface area contributed by atoms with Gasteiger partial charge in [0, 0.05) is 13.0 Å². The Morgan fingerprint density at radius 3 is 2.61 bits per heavy atom. The van der Waals surface area contributed by atoms with Crippen LogP contribution in [0.1, 0.15) is 25.0 Å². The molecule has 0 bridgehead atoms. The van der Waals surface area contributed by atoms with Crippen LogP contribution in [-0.2, 0) is 11.8 Å². The van der Waals surface area contributed by atoms with Crippen molar-refractivity contribution in [3.63, 3.8) is 0 Å². The zero-order valence-corrected chi connectivity index (χ0v) is 13.5. The van der Waals surface area contributed by atoms with E-state index >= 15 is 0 Å². The predicted octanol–water partition coefficient (Wildman–Crippen LogP) is 2.78. The lowest BCUT2D eigenvalue weighted by Gasteiger charge is -2.16. The molecule has 1 atom stereocenters. The molecule has 0 fully saturated rings. The van der Waals surface area contributed by atoms with Gasteiger partial charge in [-0.1, -0.05) is 30.4 Å². The molecule has 1 aromatic carbocycles. The van der Waals surface area contributed by atoms with E-state index in [1.807, 2.05) is 50.4 Å². The largest absolute Gasteiger partial charge is 0.320 e. The van der Waals surface area contributed by atoms with Gasteiger partial charge in [0.15, 0.2) is 0 Å². The number of aromatic nitrogens is 2. The van der Waals surface area contributed by atoms with Gasteiger partial charge in [-0.2, -0.15) is 0 Å². The number of carbonyl (C=O) groups is 1. The maximum absolute atomic E-state index is 12.7. The second kappa shape index (κ2) is 6.28. The summed E-state index contributed by atoms with van der Waals surface area (Å²) in [5.74, 6) is -0.121. The molecular weight excluding hydrogens is 290 g/mol. The predicted molar refractivity (Wildman–Crippen MR) is 90.9 cm³/mol. The maximum atomic E-state index is 12.7. The van der Waals surface area contributed by atoms with Crippen LogP contribution in [0, 0.1) is 12.8 Å². The molecule has 5 nitrogen and oxygen atoms in total. The summed E-state index contributed by atoms with van der Waals surface area (Å²) in [7, 11) is 1.82. The number of allylic oxidation sites excluding steroid dienone is 2. The van der Waals surface area contributed by atoms with E-state index < -0.39 is 0 Å². The van der Waals surface area contributed by atoms with Gasteiger partial charge >= 0.3 is 0 Å². The normalized spacial score (nSPS) is 17.2. The third-order valence-corrected chi connectivity index (χ3v) is 4.44. The minimum absolute atomic E-state index is 0.0517. The highest BCUT2D eigenvalue weighted by Gasteiger charge is 2.23. The Labute approximate surface area is 135 Å². The highest BCUT2D eigenvalue weighted by molar-refractivity contribution is 5.93. The molecule has 1 amide bonds. The highest BCUT2D eigenvalue weighted by atomic mass is 16.2. The number of hydrogen-bond acceptors (Lipinski definition) is 2. The number of anilines is 1. The topological polar surface area (TPSA) is 56.0 Å². The molecule has 0 aliphatic heterocycles. The summed E-state index contributed by atoms with van der Waals surface area (Å²) in [5, 5.41) is 2.85. The molecule has 0 radical (unpaired) electrons. The molecule has 1 aliphatic rings. The number of para-hydroxylation sites is 1. The summed E-state index contributed by atoms with van der Waals surface area (Å²) in [4.78, 5) is 25.2. The average Bonchev–Trinajstić information content (AvgIpc) is 2.80. The second-order valence-electron chi connectivity index (χ2n) is 5.91. The van der Waals surface area contributed by atoms with E-state index in [0.29, 0.717) is 5.69 Å². The first-order valence-corrected chi connectivity index (χ1v) is 7.89. The molecule has 0 saturated heterocycles. The van der Waals surface area contributed by atoms with Crippen molar-refractivity contribution in [2.75, 3.05) is 5.32 Å². The zero-order chi connectivity index (χ0) is 16.4. The van der Waals surface area contributed by atoms with E-state index in [0.717, 1.165) is 30.6 Å². The fourth-order valence-electron chi connectivity index (χ4n) is 2.97. The Kier molecular flexibility index (Phi) is 4.19. The van der Waals surface area contributed by atoms with Gasteiger partial charge in [-0.05, 0) is 38.3 Å². The van der Waals surface area contributed by atoms with Crippen molar-refractivity contribution >= 4 is 11.6 Å². The first-order valence-electron chi connectivity index (χ1n) is 7.89. The van der Waals surface area contributed by atoms with Crippen LogP contribution in [0.25, 0.3) is 5.69 Å². The quantitative estimate of drug-likeness (QED) is 0.886. The molecule has 1 N–H and O–H groups in total. The Balaban J connectivity index is 1.93. The number of hydrogen-bond donors (Lipinski definition) is 1. The fraction of sp³-hybridized carbons (Fsp3) is 0.333. The van der Waals surface area contributed by atoms with Gasteiger partial charge in [0.25, 0.3) is 5.56 Å². The van der Waals surface area contributed by atoms with Crippen LogP contribution in [-0.4, -0.2) is 15.3 Å². The molecule has 1 heterocycles. The first kappa shape index (κ1) is 15.3. The molecular formula is C18H21N3O2. The summed E-state index contributed by atoms with van der Waals surface area (Å²) in [6.07, 6.45) is 6.62.